The maximum absolute atomic E-state index is 13.8. The van der Waals surface area contributed by atoms with Crippen molar-refractivity contribution in [3.05, 3.63) is 35.6 Å². The Hall–Kier alpha value is -0.930. The first-order valence-corrected chi connectivity index (χ1v) is 6.85. The summed E-state index contributed by atoms with van der Waals surface area (Å²) in [5, 5.41) is 3.38. The third-order valence-corrected chi connectivity index (χ3v) is 2.82. The van der Waals surface area contributed by atoms with Gasteiger partial charge in [0, 0.05) is 24.8 Å². The van der Waals surface area contributed by atoms with Crippen molar-refractivity contribution in [1.82, 2.24) is 5.32 Å². The molecular formula is C15H24FNO. The molecule has 1 N–H and O–H groups in total. The highest BCUT2D eigenvalue weighted by Gasteiger charge is 2.14. The Labute approximate surface area is 110 Å². The number of rotatable bonds is 9. The van der Waals surface area contributed by atoms with Crippen LogP contribution < -0.4 is 5.32 Å². The van der Waals surface area contributed by atoms with Gasteiger partial charge < -0.3 is 10.1 Å². The van der Waals surface area contributed by atoms with Crippen molar-refractivity contribution in [2.24, 2.45) is 0 Å². The van der Waals surface area contributed by atoms with Crippen molar-refractivity contribution in [3.63, 3.8) is 0 Å². The van der Waals surface area contributed by atoms with Gasteiger partial charge in [0.05, 0.1) is 0 Å². The molecule has 102 valence electrons. The number of hydrogen-bond donors (Lipinski definition) is 1. The summed E-state index contributed by atoms with van der Waals surface area (Å²) in [5.74, 6) is -0.137. The number of halogens is 1. The molecule has 0 aromatic heterocycles. The minimum Gasteiger partial charge on any atom is -0.381 e. The fourth-order valence-electron chi connectivity index (χ4n) is 1.89. The SMILES string of the molecule is CCCNC(CCOCCC)c1ccccc1F. The van der Waals surface area contributed by atoms with Gasteiger partial charge in [-0.2, -0.15) is 0 Å². The number of nitrogens with one attached hydrogen (secondary N) is 1. The Morgan fingerprint density at radius 2 is 1.94 bits per heavy atom. The molecule has 1 aromatic rings. The van der Waals surface area contributed by atoms with Crippen molar-refractivity contribution in [3.8, 4) is 0 Å². The van der Waals surface area contributed by atoms with E-state index in [-0.39, 0.29) is 11.9 Å². The van der Waals surface area contributed by atoms with Crippen molar-refractivity contribution >= 4 is 0 Å². The van der Waals surface area contributed by atoms with Crippen LogP contribution in [0.25, 0.3) is 0 Å². The summed E-state index contributed by atoms with van der Waals surface area (Å²) < 4.78 is 19.3. The van der Waals surface area contributed by atoms with Crippen molar-refractivity contribution in [2.45, 2.75) is 39.2 Å². The topological polar surface area (TPSA) is 21.3 Å². The molecule has 1 rings (SSSR count). The second-order valence-electron chi connectivity index (χ2n) is 4.43. The molecule has 18 heavy (non-hydrogen) atoms. The van der Waals surface area contributed by atoms with Gasteiger partial charge in [-0.3, -0.25) is 0 Å². The number of ether oxygens (including phenoxy) is 1. The Kier molecular flexibility index (Phi) is 7.62. The summed E-state index contributed by atoms with van der Waals surface area (Å²) in [6.07, 6.45) is 2.87. The van der Waals surface area contributed by atoms with Crippen LogP contribution in [0.1, 0.15) is 44.7 Å². The Bertz CT molecular complexity index is 330. The summed E-state index contributed by atoms with van der Waals surface area (Å²) >= 11 is 0. The van der Waals surface area contributed by atoms with E-state index in [2.05, 4.69) is 19.2 Å². The van der Waals surface area contributed by atoms with E-state index in [1.165, 1.54) is 6.07 Å². The van der Waals surface area contributed by atoms with Gasteiger partial charge in [0.15, 0.2) is 0 Å². The first-order chi connectivity index (χ1) is 8.79. The Balaban J connectivity index is 2.57. The predicted molar refractivity (Wildman–Crippen MR) is 73.2 cm³/mol. The summed E-state index contributed by atoms with van der Waals surface area (Å²) in [5.41, 5.74) is 0.742. The fourth-order valence-corrected chi connectivity index (χ4v) is 1.89. The van der Waals surface area contributed by atoms with E-state index >= 15 is 0 Å². The maximum atomic E-state index is 13.8. The van der Waals surface area contributed by atoms with Crippen LogP contribution in [0.2, 0.25) is 0 Å². The zero-order chi connectivity index (χ0) is 13.2. The first kappa shape index (κ1) is 15.1. The lowest BCUT2D eigenvalue weighted by molar-refractivity contribution is 0.124. The molecular weight excluding hydrogens is 229 g/mol. The van der Waals surface area contributed by atoms with Crippen LogP contribution in [-0.2, 0) is 4.74 Å². The van der Waals surface area contributed by atoms with Gasteiger partial charge in [-0.25, -0.2) is 4.39 Å². The van der Waals surface area contributed by atoms with Gasteiger partial charge in [0.25, 0.3) is 0 Å². The van der Waals surface area contributed by atoms with Gasteiger partial charge in [0.2, 0.25) is 0 Å². The van der Waals surface area contributed by atoms with Crippen LogP contribution in [0.15, 0.2) is 24.3 Å². The molecule has 1 unspecified atom stereocenters. The number of benzene rings is 1. The Morgan fingerprint density at radius 1 is 1.17 bits per heavy atom. The van der Waals surface area contributed by atoms with Crippen LogP contribution in [0, 0.1) is 5.82 Å². The average molecular weight is 253 g/mol. The number of hydrogen-bond acceptors (Lipinski definition) is 2. The molecule has 0 saturated carbocycles. The highest BCUT2D eigenvalue weighted by molar-refractivity contribution is 5.21. The monoisotopic (exact) mass is 253 g/mol. The highest BCUT2D eigenvalue weighted by Crippen LogP contribution is 2.20. The predicted octanol–water partition coefficient (Wildman–Crippen LogP) is 3.68. The van der Waals surface area contributed by atoms with Gasteiger partial charge >= 0.3 is 0 Å². The zero-order valence-corrected chi connectivity index (χ0v) is 11.4. The second kappa shape index (κ2) is 9.06. The zero-order valence-electron chi connectivity index (χ0n) is 11.4. The molecule has 2 nitrogen and oxygen atoms in total. The Morgan fingerprint density at radius 3 is 2.61 bits per heavy atom. The molecule has 0 saturated heterocycles. The quantitative estimate of drug-likeness (QED) is 0.678. The molecule has 1 aromatic carbocycles. The van der Waals surface area contributed by atoms with Crippen LogP contribution >= 0.6 is 0 Å². The summed E-state index contributed by atoms with van der Waals surface area (Å²) in [6.45, 7) is 6.54. The average Bonchev–Trinajstić information content (AvgIpc) is 2.39. The molecule has 0 heterocycles. The third-order valence-electron chi connectivity index (χ3n) is 2.82. The minimum absolute atomic E-state index is 0.0445. The van der Waals surface area contributed by atoms with Gasteiger partial charge in [0.1, 0.15) is 5.82 Å². The maximum Gasteiger partial charge on any atom is 0.127 e. The molecule has 1 atom stereocenters. The third kappa shape index (κ3) is 5.15. The van der Waals surface area contributed by atoms with Crippen LogP contribution in [0.3, 0.4) is 0 Å². The largest absolute Gasteiger partial charge is 0.381 e. The molecule has 3 heteroatoms. The molecule has 0 fully saturated rings. The van der Waals surface area contributed by atoms with Crippen molar-refractivity contribution in [2.75, 3.05) is 19.8 Å². The van der Waals surface area contributed by atoms with E-state index in [0.717, 1.165) is 38.0 Å². The molecule has 0 amide bonds. The van der Waals surface area contributed by atoms with Gasteiger partial charge in [-0.15, -0.1) is 0 Å². The van der Waals surface area contributed by atoms with Gasteiger partial charge in [-0.1, -0.05) is 32.0 Å². The minimum atomic E-state index is -0.137. The molecule has 0 radical (unpaired) electrons. The summed E-state index contributed by atoms with van der Waals surface area (Å²) in [4.78, 5) is 0. The second-order valence-corrected chi connectivity index (χ2v) is 4.43. The molecule has 0 aliphatic carbocycles. The summed E-state index contributed by atoms with van der Waals surface area (Å²) in [7, 11) is 0. The lowest BCUT2D eigenvalue weighted by Crippen LogP contribution is -2.24. The van der Waals surface area contributed by atoms with Crippen molar-refractivity contribution in [1.29, 1.82) is 0 Å². The molecule has 0 spiro atoms. The van der Waals surface area contributed by atoms with E-state index in [1.807, 2.05) is 12.1 Å². The summed E-state index contributed by atoms with van der Waals surface area (Å²) in [6, 6.07) is 7.02. The smallest absolute Gasteiger partial charge is 0.127 e. The van der Waals surface area contributed by atoms with E-state index in [9.17, 15) is 4.39 Å². The first-order valence-electron chi connectivity index (χ1n) is 6.85. The van der Waals surface area contributed by atoms with E-state index in [0.29, 0.717) is 6.61 Å². The fraction of sp³-hybridized carbons (Fsp3) is 0.600. The normalized spacial score (nSPS) is 12.6. The molecule has 0 bridgehead atoms. The van der Waals surface area contributed by atoms with Crippen molar-refractivity contribution < 1.29 is 9.13 Å². The highest BCUT2D eigenvalue weighted by atomic mass is 19.1. The van der Waals surface area contributed by atoms with E-state index in [1.54, 1.807) is 6.07 Å². The van der Waals surface area contributed by atoms with Crippen LogP contribution in [-0.4, -0.2) is 19.8 Å². The lowest BCUT2D eigenvalue weighted by atomic mass is 10.0. The molecule has 0 aliphatic rings. The standard InChI is InChI=1S/C15H24FNO/c1-3-10-17-15(9-12-18-11-4-2)13-7-5-6-8-14(13)16/h5-8,15,17H,3-4,9-12H2,1-2H3. The van der Waals surface area contributed by atoms with Crippen LogP contribution in [0.5, 0.6) is 0 Å². The van der Waals surface area contributed by atoms with Crippen LogP contribution in [0.4, 0.5) is 4.39 Å². The van der Waals surface area contributed by atoms with E-state index in [4.69, 9.17) is 4.74 Å². The molecule has 0 aliphatic heterocycles. The lowest BCUT2D eigenvalue weighted by Gasteiger charge is -2.19. The van der Waals surface area contributed by atoms with E-state index < -0.39 is 0 Å². The van der Waals surface area contributed by atoms with Gasteiger partial charge in [-0.05, 0) is 31.9 Å².